The van der Waals surface area contributed by atoms with E-state index in [1.807, 2.05) is 6.20 Å². The molecular formula is C38H43BN2. The minimum absolute atomic E-state index is 0.112. The van der Waals surface area contributed by atoms with Crippen molar-refractivity contribution in [3.8, 4) is 0 Å². The molecular weight excluding hydrogens is 495 g/mol. The van der Waals surface area contributed by atoms with Gasteiger partial charge in [-0.15, -0.1) is 0 Å². The summed E-state index contributed by atoms with van der Waals surface area (Å²) < 4.78 is 0. The number of benzene rings is 3. The van der Waals surface area contributed by atoms with Gasteiger partial charge < -0.3 is 0 Å². The Morgan fingerprint density at radius 1 is 0.732 bits per heavy atom. The van der Waals surface area contributed by atoms with Crippen LogP contribution in [0.4, 0.5) is 17.2 Å². The van der Waals surface area contributed by atoms with Gasteiger partial charge >= 0.3 is 0 Å². The minimum Gasteiger partial charge on any atom is -0.296 e. The highest BCUT2D eigenvalue weighted by molar-refractivity contribution is 6.99. The first-order valence-electron chi connectivity index (χ1n) is 15.3. The summed E-state index contributed by atoms with van der Waals surface area (Å²) in [6.07, 6.45) is 3.21. The van der Waals surface area contributed by atoms with E-state index in [0.717, 1.165) is 5.82 Å². The lowest BCUT2D eigenvalue weighted by Gasteiger charge is -2.45. The molecule has 3 aromatic carbocycles. The van der Waals surface area contributed by atoms with Crippen LogP contribution in [-0.4, -0.2) is 11.7 Å². The molecule has 0 N–H and O–H groups in total. The first-order chi connectivity index (χ1) is 19.1. The SMILES string of the molecule is Cc1ccc2c(c1)B1c3cc4c(cc3C(C)(C)c3ccnc(c31)N2c1ccc(C(C)(C)C)cc1)C(C)(C)CC4(C)C. The molecule has 0 atom stereocenters. The molecule has 0 bridgehead atoms. The molecule has 2 nitrogen and oxygen atoms in total. The van der Waals surface area contributed by atoms with E-state index in [1.54, 1.807) is 0 Å². The average molecular weight is 539 g/mol. The molecule has 4 aromatic rings. The third kappa shape index (κ3) is 3.67. The van der Waals surface area contributed by atoms with Crippen LogP contribution >= 0.6 is 0 Å². The Kier molecular flexibility index (Phi) is 5.28. The number of nitrogens with zero attached hydrogens (tertiary/aromatic N) is 2. The Labute approximate surface area is 247 Å². The van der Waals surface area contributed by atoms with Gasteiger partial charge in [-0.1, -0.05) is 110 Å². The van der Waals surface area contributed by atoms with Crippen LogP contribution in [0.25, 0.3) is 0 Å². The molecule has 1 aromatic heterocycles. The van der Waals surface area contributed by atoms with Crippen molar-refractivity contribution < 1.29 is 0 Å². The number of aryl methyl sites for hydroxylation is 1. The molecule has 208 valence electrons. The van der Waals surface area contributed by atoms with E-state index in [9.17, 15) is 0 Å². The summed E-state index contributed by atoms with van der Waals surface area (Å²) >= 11 is 0. The maximum atomic E-state index is 5.15. The van der Waals surface area contributed by atoms with E-state index in [2.05, 4.69) is 135 Å². The van der Waals surface area contributed by atoms with Crippen LogP contribution in [0, 0.1) is 6.92 Å². The highest BCUT2D eigenvalue weighted by atomic mass is 15.2. The highest BCUT2D eigenvalue weighted by Gasteiger charge is 2.50. The molecule has 0 fully saturated rings. The molecule has 0 saturated heterocycles. The molecule has 41 heavy (non-hydrogen) atoms. The standard InChI is InChI=1S/C38H43BN2/c1-23-11-16-32-31(19-23)39-30-21-28-27(36(5,6)22-37(28,7)8)20-29(30)38(9,10)26-17-18-40-34(33(26)39)41(32)25-14-12-24(13-15-25)35(2,3)4/h11-21H,22H2,1-10H3. The monoisotopic (exact) mass is 538 g/mol. The van der Waals surface area contributed by atoms with E-state index in [0.29, 0.717) is 0 Å². The number of pyridine rings is 1. The van der Waals surface area contributed by atoms with Gasteiger partial charge in [0.15, 0.2) is 0 Å². The van der Waals surface area contributed by atoms with Gasteiger partial charge in [0, 0.05) is 23.0 Å². The van der Waals surface area contributed by atoms with Gasteiger partial charge in [0.05, 0.1) is 0 Å². The minimum atomic E-state index is -0.125. The first-order valence-corrected chi connectivity index (χ1v) is 15.3. The van der Waals surface area contributed by atoms with Gasteiger partial charge in [0.1, 0.15) is 5.82 Å². The van der Waals surface area contributed by atoms with Crippen molar-refractivity contribution in [2.75, 3.05) is 4.90 Å². The Bertz CT molecular complexity index is 1730. The smallest absolute Gasteiger partial charge is 0.249 e. The van der Waals surface area contributed by atoms with Crippen molar-refractivity contribution in [3.05, 3.63) is 100 Å². The van der Waals surface area contributed by atoms with Crippen molar-refractivity contribution in [2.24, 2.45) is 0 Å². The lowest BCUT2D eigenvalue weighted by molar-refractivity contribution is 0.403. The summed E-state index contributed by atoms with van der Waals surface area (Å²) in [7, 11) is 0. The van der Waals surface area contributed by atoms with Gasteiger partial charge in [-0.25, -0.2) is 4.98 Å². The molecule has 0 amide bonds. The number of fused-ring (bicyclic) bond motifs is 5. The van der Waals surface area contributed by atoms with Crippen molar-refractivity contribution in [1.82, 2.24) is 4.98 Å². The van der Waals surface area contributed by atoms with Crippen LogP contribution in [-0.2, 0) is 21.7 Å². The summed E-state index contributed by atoms with van der Waals surface area (Å²) in [4.78, 5) is 7.57. The zero-order valence-corrected chi connectivity index (χ0v) is 26.5. The van der Waals surface area contributed by atoms with Gasteiger partial charge in [0.2, 0.25) is 6.71 Å². The van der Waals surface area contributed by atoms with Crippen LogP contribution < -0.4 is 21.3 Å². The van der Waals surface area contributed by atoms with Gasteiger partial charge in [-0.3, -0.25) is 4.90 Å². The summed E-state index contributed by atoms with van der Waals surface area (Å²) in [5.41, 5.74) is 15.5. The number of rotatable bonds is 1. The van der Waals surface area contributed by atoms with Crippen LogP contribution in [0.2, 0.25) is 0 Å². The fourth-order valence-electron chi connectivity index (χ4n) is 8.50. The van der Waals surface area contributed by atoms with Gasteiger partial charge in [-0.05, 0) is 92.6 Å². The van der Waals surface area contributed by atoms with Crippen molar-refractivity contribution in [2.45, 2.75) is 97.3 Å². The number of hydrogen-bond acceptors (Lipinski definition) is 2. The number of aromatic nitrogens is 1. The third-order valence-electron chi connectivity index (χ3n) is 10.4. The van der Waals surface area contributed by atoms with Gasteiger partial charge in [0.25, 0.3) is 0 Å². The predicted molar refractivity (Wildman–Crippen MR) is 176 cm³/mol. The molecule has 3 heteroatoms. The predicted octanol–water partition coefficient (Wildman–Crippen LogP) is 7.59. The van der Waals surface area contributed by atoms with E-state index in [1.165, 1.54) is 67.6 Å². The molecule has 1 aliphatic carbocycles. The molecule has 0 radical (unpaired) electrons. The van der Waals surface area contributed by atoms with Crippen LogP contribution in [0.5, 0.6) is 0 Å². The summed E-state index contributed by atoms with van der Waals surface area (Å²) in [6, 6.07) is 23.6. The lowest BCUT2D eigenvalue weighted by Crippen LogP contribution is -2.64. The molecule has 2 aliphatic heterocycles. The molecule has 3 heterocycles. The second-order valence-electron chi connectivity index (χ2n) is 15.8. The second-order valence-corrected chi connectivity index (χ2v) is 15.8. The van der Waals surface area contributed by atoms with Crippen molar-refractivity contribution in [3.63, 3.8) is 0 Å². The molecule has 7 rings (SSSR count). The van der Waals surface area contributed by atoms with Gasteiger partial charge in [-0.2, -0.15) is 0 Å². The average Bonchev–Trinajstić information content (AvgIpc) is 3.07. The Balaban J connectivity index is 1.53. The van der Waals surface area contributed by atoms with E-state index in [4.69, 9.17) is 4.98 Å². The largest absolute Gasteiger partial charge is 0.296 e. The fraction of sp³-hybridized carbons (Fsp3) is 0.395. The zero-order valence-electron chi connectivity index (χ0n) is 26.5. The molecule has 0 spiro atoms. The van der Waals surface area contributed by atoms with Crippen molar-refractivity contribution in [1.29, 1.82) is 0 Å². The Morgan fingerprint density at radius 3 is 2.05 bits per heavy atom. The van der Waals surface area contributed by atoms with Crippen LogP contribution in [0.3, 0.4) is 0 Å². The molecule has 0 unspecified atom stereocenters. The molecule has 3 aliphatic rings. The maximum absolute atomic E-state index is 5.15. The van der Waals surface area contributed by atoms with Crippen LogP contribution in [0.1, 0.15) is 102 Å². The van der Waals surface area contributed by atoms with E-state index >= 15 is 0 Å². The van der Waals surface area contributed by atoms with E-state index in [-0.39, 0.29) is 28.4 Å². The first kappa shape index (κ1) is 26.6. The lowest BCUT2D eigenvalue weighted by atomic mass is 9.30. The summed E-state index contributed by atoms with van der Waals surface area (Å²) in [5, 5.41) is 0. The Hall–Kier alpha value is -3.33. The number of hydrogen-bond donors (Lipinski definition) is 0. The zero-order chi connectivity index (χ0) is 29.3. The summed E-state index contributed by atoms with van der Waals surface area (Å²) in [5.74, 6) is 1.08. The number of anilines is 3. The summed E-state index contributed by atoms with van der Waals surface area (Å²) in [6.45, 7) is 23.8. The fourth-order valence-corrected chi connectivity index (χ4v) is 8.50. The molecule has 0 saturated carbocycles. The third-order valence-corrected chi connectivity index (χ3v) is 10.4. The highest BCUT2D eigenvalue weighted by Crippen LogP contribution is 2.51. The normalized spacial score (nSPS) is 18.9. The van der Waals surface area contributed by atoms with Crippen molar-refractivity contribution >= 4 is 40.3 Å². The quantitative estimate of drug-likeness (QED) is 0.205. The Morgan fingerprint density at radius 2 is 1.39 bits per heavy atom. The topological polar surface area (TPSA) is 16.1 Å². The maximum Gasteiger partial charge on any atom is 0.249 e. The van der Waals surface area contributed by atoms with Crippen LogP contribution in [0.15, 0.2) is 66.9 Å². The second kappa shape index (κ2) is 8.15. The van der Waals surface area contributed by atoms with E-state index < -0.39 is 0 Å².